The molecule has 6 rings (SSSR count). The van der Waals surface area contributed by atoms with Crippen LogP contribution in [0.1, 0.15) is 64.9 Å². The van der Waals surface area contributed by atoms with E-state index >= 15 is 0 Å². The molecular weight excluding hydrogens is 548 g/mol. The maximum Gasteiger partial charge on any atom is 0.389 e. The first-order chi connectivity index (χ1) is 20.1. The molecule has 2 aliphatic carbocycles. The van der Waals surface area contributed by atoms with Gasteiger partial charge in [-0.3, -0.25) is 9.59 Å². The van der Waals surface area contributed by atoms with Gasteiger partial charge in [0.2, 0.25) is 5.71 Å². The number of nitrogens with zero attached hydrogens (tertiary/aromatic N) is 1. The van der Waals surface area contributed by atoms with Crippen LogP contribution in [0.2, 0.25) is 0 Å². The number of hydrogen-bond acceptors (Lipinski definition) is 4. The van der Waals surface area contributed by atoms with E-state index in [9.17, 15) is 27.2 Å². The number of furan rings is 1. The summed E-state index contributed by atoms with van der Waals surface area (Å²) in [5, 5.41) is 2.88. The SMILES string of the molecule is CNC(=O)c1c(-c2ccc(F)cc2)oc2nc(CCC(F)(F)F)c(-c3cccc(C(=O)CC(C4CC4)C4CC4)c3)cc12. The number of aryl methyl sites for hydroxylation is 1. The Bertz CT molecular complexity index is 1640. The molecule has 0 atom stereocenters. The molecule has 42 heavy (non-hydrogen) atoms. The van der Waals surface area contributed by atoms with Crippen molar-refractivity contribution in [2.75, 3.05) is 7.05 Å². The lowest BCUT2D eigenvalue weighted by Gasteiger charge is -2.15. The minimum atomic E-state index is -4.41. The van der Waals surface area contributed by atoms with Crippen molar-refractivity contribution in [3.8, 4) is 22.5 Å². The molecule has 1 amide bonds. The molecule has 2 aliphatic rings. The molecular formula is C33H30F4N2O3. The number of halogens is 4. The number of carbonyl (C=O) groups is 2. The molecule has 2 saturated carbocycles. The van der Waals surface area contributed by atoms with Crippen LogP contribution >= 0.6 is 0 Å². The summed E-state index contributed by atoms with van der Waals surface area (Å²) in [6.07, 6.45) is -0.789. The Morgan fingerprint density at radius 2 is 1.69 bits per heavy atom. The molecule has 0 spiro atoms. The first-order valence-electron chi connectivity index (χ1n) is 14.3. The topological polar surface area (TPSA) is 72.2 Å². The summed E-state index contributed by atoms with van der Waals surface area (Å²) in [5.41, 5.74) is 2.12. The van der Waals surface area contributed by atoms with Crippen molar-refractivity contribution in [1.82, 2.24) is 10.3 Å². The van der Waals surface area contributed by atoms with Gasteiger partial charge in [-0.2, -0.15) is 13.2 Å². The summed E-state index contributed by atoms with van der Waals surface area (Å²) in [4.78, 5) is 30.9. The molecule has 1 N–H and O–H groups in total. The number of carbonyl (C=O) groups excluding carboxylic acids is 2. The van der Waals surface area contributed by atoms with Gasteiger partial charge >= 0.3 is 6.18 Å². The van der Waals surface area contributed by atoms with Crippen molar-refractivity contribution in [2.45, 2.75) is 51.1 Å². The Hall–Kier alpha value is -4.01. The molecule has 218 valence electrons. The lowest BCUT2D eigenvalue weighted by molar-refractivity contribution is -0.134. The first-order valence-corrected chi connectivity index (χ1v) is 14.3. The van der Waals surface area contributed by atoms with E-state index in [1.165, 1.54) is 57.0 Å². The van der Waals surface area contributed by atoms with Crippen molar-refractivity contribution in [1.29, 1.82) is 0 Å². The van der Waals surface area contributed by atoms with Crippen molar-refractivity contribution < 1.29 is 31.6 Å². The van der Waals surface area contributed by atoms with E-state index in [0.29, 0.717) is 51.8 Å². The number of aromatic nitrogens is 1. The van der Waals surface area contributed by atoms with Crippen molar-refractivity contribution in [2.24, 2.45) is 17.8 Å². The second-order valence-corrected chi connectivity index (χ2v) is 11.4. The van der Waals surface area contributed by atoms with Crippen LogP contribution < -0.4 is 5.32 Å². The highest BCUT2D eigenvalue weighted by atomic mass is 19.4. The Balaban J connectivity index is 1.45. The van der Waals surface area contributed by atoms with Crippen LogP contribution in [0.25, 0.3) is 33.6 Å². The predicted molar refractivity (Wildman–Crippen MR) is 150 cm³/mol. The number of rotatable bonds is 10. The minimum absolute atomic E-state index is 0.00205. The number of alkyl halides is 3. The van der Waals surface area contributed by atoms with Gasteiger partial charge in [-0.15, -0.1) is 0 Å². The van der Waals surface area contributed by atoms with E-state index in [2.05, 4.69) is 10.3 Å². The predicted octanol–water partition coefficient (Wildman–Crippen LogP) is 8.16. The molecule has 0 radical (unpaired) electrons. The summed E-state index contributed by atoms with van der Waals surface area (Å²) >= 11 is 0. The normalized spacial score (nSPS) is 15.4. The number of amides is 1. The van der Waals surface area contributed by atoms with Gasteiger partial charge in [-0.25, -0.2) is 9.37 Å². The minimum Gasteiger partial charge on any atom is -0.437 e. The van der Waals surface area contributed by atoms with E-state index in [1.54, 1.807) is 30.3 Å². The highest BCUT2D eigenvalue weighted by molar-refractivity contribution is 6.11. The standard InChI is InChI=1S/C33H30F4N2O3/c1-38-31(41)29-26-16-25(21-3-2-4-22(15-21)28(40)17-24(18-5-6-18)19-7-8-19)27(13-14-33(35,36)37)39-32(26)42-30(29)20-9-11-23(34)12-10-20/h2-4,9-12,15-16,18-19,24H,5-8,13-14,17H2,1H3,(H,38,41). The highest BCUT2D eigenvalue weighted by Crippen LogP contribution is 2.51. The number of fused-ring (bicyclic) bond motifs is 1. The van der Waals surface area contributed by atoms with E-state index < -0.39 is 30.7 Å². The van der Waals surface area contributed by atoms with Crippen molar-refractivity contribution >= 4 is 22.8 Å². The first kappa shape index (κ1) is 28.1. The molecule has 2 fully saturated rings. The molecule has 9 heteroatoms. The monoisotopic (exact) mass is 578 g/mol. The van der Waals surface area contributed by atoms with Gasteiger partial charge in [0.25, 0.3) is 5.91 Å². The maximum absolute atomic E-state index is 13.6. The average molecular weight is 579 g/mol. The van der Waals surface area contributed by atoms with Crippen LogP contribution in [0.5, 0.6) is 0 Å². The molecule has 2 aromatic heterocycles. The van der Waals surface area contributed by atoms with Gasteiger partial charge < -0.3 is 9.73 Å². The Kier molecular flexibility index (Phi) is 7.37. The molecule has 0 aliphatic heterocycles. The molecule has 0 unspecified atom stereocenters. The van der Waals surface area contributed by atoms with Crippen LogP contribution in [0.3, 0.4) is 0 Å². The number of pyridine rings is 1. The number of benzene rings is 2. The van der Waals surface area contributed by atoms with Gasteiger partial charge in [-0.1, -0.05) is 18.2 Å². The average Bonchev–Trinajstić information content (AvgIpc) is 3.91. The highest BCUT2D eigenvalue weighted by Gasteiger charge is 2.42. The number of Topliss-reactive ketones (excluding diaryl/α,β-unsaturated/α-hetero) is 1. The quantitative estimate of drug-likeness (QED) is 0.152. The van der Waals surface area contributed by atoms with Crippen LogP contribution in [0, 0.1) is 23.6 Å². The van der Waals surface area contributed by atoms with Crippen molar-refractivity contribution in [3.05, 3.63) is 77.2 Å². The number of hydrogen-bond donors (Lipinski definition) is 1. The fourth-order valence-corrected chi connectivity index (χ4v) is 5.87. The second-order valence-electron chi connectivity index (χ2n) is 11.4. The Morgan fingerprint density at radius 3 is 2.31 bits per heavy atom. The third-order valence-corrected chi connectivity index (χ3v) is 8.34. The molecule has 2 heterocycles. The van der Waals surface area contributed by atoms with Gasteiger partial charge in [0.05, 0.1) is 16.6 Å². The molecule has 4 aromatic rings. The summed E-state index contributed by atoms with van der Waals surface area (Å²) < 4.78 is 59.5. The van der Waals surface area contributed by atoms with Gasteiger partial charge in [0.15, 0.2) is 5.78 Å². The summed E-state index contributed by atoms with van der Waals surface area (Å²) in [6.45, 7) is 0. The fraction of sp³-hybridized carbons (Fsp3) is 0.364. The zero-order valence-corrected chi connectivity index (χ0v) is 23.1. The fourth-order valence-electron chi connectivity index (χ4n) is 5.87. The summed E-state index contributed by atoms with van der Waals surface area (Å²) in [6, 6.07) is 13.9. The molecule has 2 aromatic carbocycles. The van der Waals surface area contributed by atoms with Crippen LogP contribution in [0.15, 0.2) is 59.0 Å². The van der Waals surface area contributed by atoms with Crippen LogP contribution in [-0.4, -0.2) is 29.9 Å². The van der Waals surface area contributed by atoms with Gasteiger partial charge in [-0.05, 0) is 91.8 Å². The zero-order valence-electron chi connectivity index (χ0n) is 23.1. The number of nitrogens with one attached hydrogen (secondary N) is 1. The van der Waals surface area contributed by atoms with E-state index in [-0.39, 0.29) is 28.5 Å². The largest absolute Gasteiger partial charge is 0.437 e. The second kappa shape index (κ2) is 11.0. The van der Waals surface area contributed by atoms with Crippen molar-refractivity contribution in [3.63, 3.8) is 0 Å². The maximum atomic E-state index is 13.6. The molecule has 0 bridgehead atoms. The van der Waals surface area contributed by atoms with Crippen LogP contribution in [-0.2, 0) is 6.42 Å². The Labute approximate surface area is 240 Å². The summed E-state index contributed by atoms with van der Waals surface area (Å²) in [7, 11) is 1.45. The van der Waals surface area contributed by atoms with Gasteiger partial charge in [0, 0.05) is 36.6 Å². The number of ketones is 1. The third-order valence-electron chi connectivity index (χ3n) is 8.34. The smallest absolute Gasteiger partial charge is 0.389 e. The Morgan fingerprint density at radius 1 is 1.00 bits per heavy atom. The molecule has 0 saturated heterocycles. The molecule has 5 nitrogen and oxygen atoms in total. The third kappa shape index (κ3) is 5.96. The zero-order chi connectivity index (χ0) is 29.6. The lowest BCUT2D eigenvalue weighted by Crippen LogP contribution is -2.18. The lowest BCUT2D eigenvalue weighted by atomic mass is 9.89. The van der Waals surface area contributed by atoms with Gasteiger partial charge in [0.1, 0.15) is 11.6 Å². The van der Waals surface area contributed by atoms with Crippen LogP contribution in [0.4, 0.5) is 17.6 Å². The van der Waals surface area contributed by atoms with E-state index in [4.69, 9.17) is 4.42 Å². The van der Waals surface area contributed by atoms with E-state index in [0.717, 1.165) is 0 Å². The van der Waals surface area contributed by atoms with E-state index in [1.807, 2.05) is 0 Å². The summed E-state index contributed by atoms with van der Waals surface area (Å²) in [5.74, 6) is 0.826.